The molecule has 0 spiro atoms. The van der Waals surface area contributed by atoms with Gasteiger partial charge in [0.25, 0.3) is 5.91 Å². The highest BCUT2D eigenvalue weighted by Gasteiger charge is 2.18. The highest BCUT2D eigenvalue weighted by molar-refractivity contribution is 5.96. The number of rotatable bonds is 6. The third-order valence-electron chi connectivity index (χ3n) is 3.11. The monoisotopic (exact) mass is 314 g/mol. The molecule has 0 radical (unpaired) electrons. The Morgan fingerprint density at radius 2 is 1.90 bits per heavy atom. The molecule has 1 aromatic rings. The van der Waals surface area contributed by atoms with Crippen LogP contribution < -0.4 is 5.73 Å². The van der Waals surface area contributed by atoms with Crippen LogP contribution in [-0.4, -0.2) is 53.3 Å². The molecule has 0 bridgehead atoms. The second kappa shape index (κ2) is 9.31. The molecule has 0 atom stereocenters. The number of aromatic nitrogens is 1. The number of halogens is 1. The van der Waals surface area contributed by atoms with Crippen LogP contribution in [0.4, 0.5) is 0 Å². The zero-order valence-electron chi connectivity index (χ0n) is 12.7. The van der Waals surface area contributed by atoms with E-state index in [4.69, 9.17) is 5.73 Å². The molecule has 0 saturated carbocycles. The first-order valence-electron chi connectivity index (χ1n) is 6.71. The fourth-order valence-electron chi connectivity index (χ4n) is 1.89. The summed E-state index contributed by atoms with van der Waals surface area (Å²) in [4.78, 5) is 31.4. The number of likely N-dealkylation sites (N-methyl/N-ethyl adjacent to an activating group) is 2. The number of nitrogens with zero attached hydrogens (tertiary/aromatic N) is 3. The van der Waals surface area contributed by atoms with Crippen LogP contribution >= 0.6 is 12.4 Å². The zero-order chi connectivity index (χ0) is 15.1. The molecule has 1 heterocycles. The average molecular weight is 315 g/mol. The normalized spacial score (nSPS) is 9.71. The van der Waals surface area contributed by atoms with E-state index in [-0.39, 0.29) is 37.3 Å². The van der Waals surface area contributed by atoms with Gasteiger partial charge in [-0.05, 0) is 26.0 Å². The lowest BCUT2D eigenvalue weighted by atomic mass is 10.2. The molecule has 118 valence electrons. The van der Waals surface area contributed by atoms with Gasteiger partial charge < -0.3 is 15.5 Å². The Labute approximate surface area is 131 Å². The summed E-state index contributed by atoms with van der Waals surface area (Å²) in [5.41, 5.74) is 6.65. The molecule has 7 heteroatoms. The van der Waals surface area contributed by atoms with Crippen LogP contribution in [-0.2, 0) is 11.3 Å². The Hall–Kier alpha value is -1.66. The van der Waals surface area contributed by atoms with E-state index in [1.165, 1.54) is 4.90 Å². The molecule has 0 aliphatic rings. The molecule has 0 saturated heterocycles. The number of carbonyl (C=O) groups excluding carboxylic acids is 2. The van der Waals surface area contributed by atoms with Gasteiger partial charge in [0, 0.05) is 38.4 Å². The molecule has 1 rings (SSSR count). The number of hydrogen-bond acceptors (Lipinski definition) is 4. The van der Waals surface area contributed by atoms with Crippen molar-refractivity contribution in [1.29, 1.82) is 0 Å². The van der Waals surface area contributed by atoms with Gasteiger partial charge in [-0.3, -0.25) is 14.6 Å². The van der Waals surface area contributed by atoms with Crippen LogP contribution in [0, 0.1) is 0 Å². The van der Waals surface area contributed by atoms with Crippen molar-refractivity contribution in [3.63, 3.8) is 0 Å². The van der Waals surface area contributed by atoms with E-state index in [1.54, 1.807) is 30.3 Å². The van der Waals surface area contributed by atoms with E-state index in [9.17, 15) is 9.59 Å². The fourth-order valence-corrected chi connectivity index (χ4v) is 1.89. The van der Waals surface area contributed by atoms with Crippen LogP contribution in [0.3, 0.4) is 0 Å². The topological polar surface area (TPSA) is 79.5 Å². The summed E-state index contributed by atoms with van der Waals surface area (Å²) in [6.45, 7) is 5.47. The summed E-state index contributed by atoms with van der Waals surface area (Å²) in [6.07, 6.45) is 1.55. The van der Waals surface area contributed by atoms with Crippen molar-refractivity contribution < 1.29 is 9.59 Å². The smallest absolute Gasteiger partial charge is 0.254 e. The Morgan fingerprint density at radius 1 is 1.29 bits per heavy atom. The summed E-state index contributed by atoms with van der Waals surface area (Å²) in [5, 5.41) is 0. The average Bonchev–Trinajstić information content (AvgIpc) is 2.47. The van der Waals surface area contributed by atoms with Gasteiger partial charge in [-0.15, -0.1) is 12.4 Å². The molecule has 1 aromatic heterocycles. The molecule has 0 fully saturated rings. The maximum absolute atomic E-state index is 12.2. The highest BCUT2D eigenvalue weighted by Crippen LogP contribution is 2.05. The second-order valence-corrected chi connectivity index (χ2v) is 4.47. The molecule has 2 N–H and O–H groups in total. The number of hydrogen-bond donors (Lipinski definition) is 1. The fraction of sp³-hybridized carbons (Fsp3) is 0.500. The third-order valence-corrected chi connectivity index (χ3v) is 3.11. The minimum atomic E-state index is -0.206. The molecule has 0 unspecified atom stereocenters. The predicted molar refractivity (Wildman–Crippen MR) is 84.3 cm³/mol. The van der Waals surface area contributed by atoms with Gasteiger partial charge in [0.05, 0.1) is 12.2 Å². The molecule has 6 nitrogen and oxygen atoms in total. The summed E-state index contributed by atoms with van der Waals surface area (Å²) >= 11 is 0. The molecule has 0 aromatic carbocycles. The standard InChI is InChI=1S/C14H22N4O2.ClH/c1-4-18(5-2)13(19)10-17(3)14(20)11-6-7-16-12(8-11)9-15;/h6-8H,4-5,9-10,15H2,1-3H3;1H. The van der Waals surface area contributed by atoms with Gasteiger partial charge in [-0.1, -0.05) is 0 Å². The lowest BCUT2D eigenvalue weighted by Gasteiger charge is -2.23. The van der Waals surface area contributed by atoms with Gasteiger partial charge in [-0.2, -0.15) is 0 Å². The van der Waals surface area contributed by atoms with E-state index in [0.717, 1.165) is 0 Å². The Bertz CT molecular complexity index is 478. The van der Waals surface area contributed by atoms with Crippen LogP contribution in [0.5, 0.6) is 0 Å². The van der Waals surface area contributed by atoms with Crippen molar-refractivity contribution in [2.45, 2.75) is 20.4 Å². The van der Waals surface area contributed by atoms with Crippen molar-refractivity contribution in [1.82, 2.24) is 14.8 Å². The quantitative estimate of drug-likeness (QED) is 0.846. The first-order valence-corrected chi connectivity index (χ1v) is 6.71. The lowest BCUT2D eigenvalue weighted by molar-refractivity contribution is -0.131. The van der Waals surface area contributed by atoms with E-state index in [1.807, 2.05) is 13.8 Å². The molecule has 2 amide bonds. The van der Waals surface area contributed by atoms with E-state index in [0.29, 0.717) is 24.3 Å². The number of amides is 2. The summed E-state index contributed by atoms with van der Waals surface area (Å²) < 4.78 is 0. The minimum Gasteiger partial charge on any atom is -0.342 e. The number of nitrogens with two attached hydrogens (primary N) is 1. The molecule has 0 aliphatic carbocycles. The van der Waals surface area contributed by atoms with Crippen molar-refractivity contribution >= 4 is 24.2 Å². The van der Waals surface area contributed by atoms with Gasteiger partial charge in [-0.25, -0.2) is 0 Å². The van der Waals surface area contributed by atoms with E-state index >= 15 is 0 Å². The van der Waals surface area contributed by atoms with Gasteiger partial charge in [0.2, 0.25) is 5.91 Å². The Kier molecular flexibility index (Phi) is 8.57. The van der Waals surface area contributed by atoms with Crippen LogP contribution in [0.2, 0.25) is 0 Å². The molecular formula is C14H23ClN4O2. The van der Waals surface area contributed by atoms with E-state index in [2.05, 4.69) is 4.98 Å². The SMILES string of the molecule is CCN(CC)C(=O)CN(C)C(=O)c1ccnc(CN)c1.Cl. The molecular weight excluding hydrogens is 292 g/mol. The Morgan fingerprint density at radius 3 is 2.43 bits per heavy atom. The highest BCUT2D eigenvalue weighted by atomic mass is 35.5. The van der Waals surface area contributed by atoms with E-state index < -0.39 is 0 Å². The van der Waals surface area contributed by atoms with Crippen molar-refractivity contribution in [2.24, 2.45) is 5.73 Å². The number of pyridine rings is 1. The minimum absolute atomic E-state index is 0. The van der Waals surface area contributed by atoms with Gasteiger partial charge in [0.1, 0.15) is 0 Å². The van der Waals surface area contributed by atoms with Crippen molar-refractivity contribution in [2.75, 3.05) is 26.7 Å². The summed E-state index contributed by atoms with van der Waals surface area (Å²) in [5.74, 6) is -0.262. The Balaban J connectivity index is 0.00000400. The third kappa shape index (κ3) is 5.32. The largest absolute Gasteiger partial charge is 0.342 e. The van der Waals surface area contributed by atoms with Gasteiger partial charge >= 0.3 is 0 Å². The first-order chi connectivity index (χ1) is 9.53. The lowest BCUT2D eigenvalue weighted by Crippen LogP contribution is -2.41. The van der Waals surface area contributed by atoms with Crippen molar-refractivity contribution in [3.8, 4) is 0 Å². The summed E-state index contributed by atoms with van der Waals surface area (Å²) in [6, 6.07) is 3.28. The van der Waals surface area contributed by atoms with Crippen LogP contribution in [0.25, 0.3) is 0 Å². The van der Waals surface area contributed by atoms with Crippen LogP contribution in [0.1, 0.15) is 29.9 Å². The second-order valence-electron chi connectivity index (χ2n) is 4.47. The maximum atomic E-state index is 12.2. The molecule has 0 aliphatic heterocycles. The number of carbonyl (C=O) groups is 2. The maximum Gasteiger partial charge on any atom is 0.254 e. The predicted octanol–water partition coefficient (Wildman–Crippen LogP) is 0.902. The summed E-state index contributed by atoms with van der Waals surface area (Å²) in [7, 11) is 1.62. The molecule has 21 heavy (non-hydrogen) atoms. The van der Waals surface area contributed by atoms with Crippen molar-refractivity contribution in [3.05, 3.63) is 29.6 Å². The van der Waals surface area contributed by atoms with Gasteiger partial charge in [0.15, 0.2) is 0 Å². The first kappa shape index (κ1) is 19.3. The van der Waals surface area contributed by atoms with Crippen LogP contribution in [0.15, 0.2) is 18.3 Å². The zero-order valence-corrected chi connectivity index (χ0v) is 13.5.